The fourth-order valence-electron chi connectivity index (χ4n) is 2.57. The van der Waals surface area contributed by atoms with Gasteiger partial charge in [0, 0.05) is 6.07 Å². The first kappa shape index (κ1) is 19.5. The quantitative estimate of drug-likeness (QED) is 0.414. The van der Waals surface area contributed by atoms with E-state index in [0.717, 1.165) is 5.56 Å². The lowest BCUT2D eigenvalue weighted by Gasteiger charge is -2.18. The molecule has 0 radical (unpaired) electrons. The van der Waals surface area contributed by atoms with Crippen molar-refractivity contribution in [3.63, 3.8) is 0 Å². The highest BCUT2D eigenvalue weighted by atomic mass is 32.2. The van der Waals surface area contributed by atoms with Gasteiger partial charge in [-0.2, -0.15) is 0 Å². The molecule has 8 heteroatoms. The summed E-state index contributed by atoms with van der Waals surface area (Å²) in [5.74, 6) is 0.889. The number of amides is 1. The normalized spacial score (nSPS) is 11.6. The molecule has 0 bridgehead atoms. The Balaban J connectivity index is 1.90. The summed E-state index contributed by atoms with van der Waals surface area (Å²) < 4.78 is 5.59. The third-order valence-corrected chi connectivity index (χ3v) is 4.87. The molecular weight excluding hydrogens is 374 g/mol. The van der Waals surface area contributed by atoms with Crippen LogP contribution < -0.4 is 21.5 Å². The number of ether oxygens (including phenoxy) is 1. The molecule has 28 heavy (non-hydrogen) atoms. The lowest BCUT2D eigenvalue weighted by atomic mass is 10.1. The minimum atomic E-state index is -0.600. The van der Waals surface area contributed by atoms with Crippen LogP contribution >= 0.6 is 11.8 Å². The van der Waals surface area contributed by atoms with Gasteiger partial charge < -0.3 is 21.5 Å². The molecule has 0 fully saturated rings. The molecule has 7 nitrogen and oxygen atoms in total. The summed E-state index contributed by atoms with van der Waals surface area (Å²) >= 11 is 1.18. The molecule has 5 N–H and O–H groups in total. The number of rotatable bonds is 7. The number of anilines is 3. The summed E-state index contributed by atoms with van der Waals surface area (Å²) in [5, 5.41) is 2.67. The predicted octanol–water partition coefficient (Wildman–Crippen LogP) is 3.51. The monoisotopic (exact) mass is 395 g/mol. The molecule has 0 saturated carbocycles. The number of carbonyl (C=O) groups excluding carboxylic acids is 1. The van der Waals surface area contributed by atoms with Gasteiger partial charge in [0.05, 0.1) is 12.3 Å². The van der Waals surface area contributed by atoms with E-state index in [2.05, 4.69) is 15.3 Å². The molecular formula is C20H21N5O2S. The molecule has 2 aromatic carbocycles. The third kappa shape index (κ3) is 4.92. The van der Waals surface area contributed by atoms with Gasteiger partial charge in [0.1, 0.15) is 22.6 Å². The Bertz CT molecular complexity index is 932. The lowest BCUT2D eigenvalue weighted by Crippen LogP contribution is -2.20. The largest absolute Gasteiger partial charge is 0.492 e. The van der Waals surface area contributed by atoms with Crippen LogP contribution in [0.2, 0.25) is 0 Å². The predicted molar refractivity (Wildman–Crippen MR) is 112 cm³/mol. The van der Waals surface area contributed by atoms with Crippen LogP contribution in [0.25, 0.3) is 0 Å². The number of hydrogen-bond acceptors (Lipinski definition) is 7. The van der Waals surface area contributed by atoms with Gasteiger partial charge in [-0.25, -0.2) is 9.97 Å². The first-order chi connectivity index (χ1) is 13.6. The zero-order valence-electron chi connectivity index (χ0n) is 15.3. The second-order valence-corrected chi connectivity index (χ2v) is 6.90. The van der Waals surface area contributed by atoms with Crippen molar-refractivity contribution in [2.24, 2.45) is 0 Å². The summed E-state index contributed by atoms with van der Waals surface area (Å²) in [5.41, 5.74) is 12.9. The first-order valence-electron chi connectivity index (χ1n) is 8.71. The van der Waals surface area contributed by atoms with E-state index in [4.69, 9.17) is 16.2 Å². The maximum Gasteiger partial charge on any atom is 0.242 e. The van der Waals surface area contributed by atoms with Gasteiger partial charge in [0.2, 0.25) is 5.91 Å². The summed E-state index contributed by atoms with van der Waals surface area (Å²) in [6.45, 7) is 2.39. The Hall–Kier alpha value is -3.26. The number of nitrogens with zero attached hydrogens (tertiary/aromatic N) is 2. The number of nitrogen functional groups attached to an aromatic ring is 2. The molecule has 1 atom stereocenters. The van der Waals surface area contributed by atoms with Crippen molar-refractivity contribution in [1.82, 2.24) is 9.97 Å². The molecule has 0 aliphatic rings. The Morgan fingerprint density at radius 2 is 1.71 bits per heavy atom. The van der Waals surface area contributed by atoms with Crippen LogP contribution in [0.3, 0.4) is 0 Å². The second-order valence-electron chi connectivity index (χ2n) is 5.83. The Morgan fingerprint density at radius 1 is 1.07 bits per heavy atom. The van der Waals surface area contributed by atoms with Crippen molar-refractivity contribution in [3.05, 3.63) is 66.2 Å². The number of aromatic nitrogens is 2. The molecule has 1 heterocycles. The molecule has 1 aromatic heterocycles. The fourth-order valence-corrected chi connectivity index (χ4v) is 3.56. The van der Waals surface area contributed by atoms with Crippen molar-refractivity contribution < 1.29 is 9.53 Å². The Labute approximate surface area is 167 Å². The maximum atomic E-state index is 13.1. The van der Waals surface area contributed by atoms with Crippen LogP contribution in [-0.2, 0) is 4.79 Å². The summed E-state index contributed by atoms with van der Waals surface area (Å²) in [4.78, 5) is 21.5. The number of nitrogens with two attached hydrogens (primary N) is 2. The highest BCUT2D eigenvalue weighted by Crippen LogP contribution is 2.36. The molecule has 1 unspecified atom stereocenters. The van der Waals surface area contributed by atoms with E-state index in [9.17, 15) is 4.79 Å². The first-order valence-corrected chi connectivity index (χ1v) is 9.59. The van der Waals surface area contributed by atoms with E-state index in [1.165, 1.54) is 17.8 Å². The van der Waals surface area contributed by atoms with Gasteiger partial charge in [-0.15, -0.1) is 0 Å². The van der Waals surface area contributed by atoms with Crippen molar-refractivity contribution in [2.75, 3.05) is 23.4 Å². The fraction of sp³-hybridized carbons (Fsp3) is 0.150. The van der Waals surface area contributed by atoms with Gasteiger partial charge in [-0.3, -0.25) is 4.79 Å². The minimum Gasteiger partial charge on any atom is -0.492 e. The van der Waals surface area contributed by atoms with Crippen LogP contribution in [-0.4, -0.2) is 22.5 Å². The maximum absolute atomic E-state index is 13.1. The highest BCUT2D eigenvalue weighted by Gasteiger charge is 2.24. The summed E-state index contributed by atoms with van der Waals surface area (Å²) in [7, 11) is 0. The van der Waals surface area contributed by atoms with Gasteiger partial charge in [-0.05, 0) is 24.6 Å². The van der Waals surface area contributed by atoms with Crippen molar-refractivity contribution in [2.45, 2.75) is 17.3 Å². The molecule has 0 spiro atoms. The molecule has 0 saturated heterocycles. The van der Waals surface area contributed by atoms with Crippen molar-refractivity contribution >= 4 is 35.0 Å². The van der Waals surface area contributed by atoms with Crippen LogP contribution in [0.1, 0.15) is 17.7 Å². The number of benzene rings is 2. The van der Waals surface area contributed by atoms with Gasteiger partial charge >= 0.3 is 0 Å². The van der Waals surface area contributed by atoms with E-state index in [1.54, 1.807) is 6.07 Å². The Kier molecular flexibility index (Phi) is 6.33. The topological polar surface area (TPSA) is 116 Å². The summed E-state index contributed by atoms with van der Waals surface area (Å²) in [6, 6.07) is 18.2. The summed E-state index contributed by atoms with van der Waals surface area (Å²) in [6.07, 6.45) is 0. The Morgan fingerprint density at radius 3 is 2.39 bits per heavy atom. The molecule has 1 amide bonds. The smallest absolute Gasteiger partial charge is 0.242 e. The van der Waals surface area contributed by atoms with Crippen molar-refractivity contribution in [1.29, 1.82) is 0 Å². The van der Waals surface area contributed by atoms with E-state index in [0.29, 0.717) is 23.2 Å². The molecule has 0 aliphatic carbocycles. The van der Waals surface area contributed by atoms with Gasteiger partial charge in [0.15, 0.2) is 5.16 Å². The molecule has 3 aromatic rings. The third-order valence-electron chi connectivity index (χ3n) is 3.75. The van der Waals surface area contributed by atoms with E-state index in [-0.39, 0.29) is 17.5 Å². The van der Waals surface area contributed by atoms with Gasteiger partial charge in [-0.1, -0.05) is 54.2 Å². The molecule has 144 valence electrons. The van der Waals surface area contributed by atoms with Crippen molar-refractivity contribution in [3.8, 4) is 5.75 Å². The number of para-hydroxylation sites is 2. The number of thioether (sulfide) groups is 1. The zero-order chi connectivity index (χ0) is 19.9. The van der Waals surface area contributed by atoms with Crippen LogP contribution in [0.4, 0.5) is 17.3 Å². The number of nitrogens with one attached hydrogen (secondary N) is 1. The average molecular weight is 395 g/mol. The minimum absolute atomic E-state index is 0.229. The standard InChI is InChI=1S/C20H21N5O2S/c1-2-27-15-11-7-6-10-14(15)23-19(26)18(13-8-4-3-5-9-13)28-20-24-16(21)12-17(22)25-20/h3-12,18H,2H2,1H3,(H,23,26)(H4,21,22,24,25). The highest BCUT2D eigenvalue weighted by molar-refractivity contribution is 8.00. The average Bonchev–Trinajstić information content (AvgIpc) is 2.68. The number of carbonyl (C=O) groups is 1. The van der Waals surface area contributed by atoms with E-state index < -0.39 is 5.25 Å². The van der Waals surface area contributed by atoms with Crippen LogP contribution in [0, 0.1) is 0 Å². The lowest BCUT2D eigenvalue weighted by molar-refractivity contribution is -0.115. The molecule has 3 rings (SSSR count). The van der Waals surface area contributed by atoms with Crippen LogP contribution in [0.5, 0.6) is 5.75 Å². The molecule has 0 aliphatic heterocycles. The number of hydrogen-bond donors (Lipinski definition) is 3. The van der Waals surface area contributed by atoms with Crippen LogP contribution in [0.15, 0.2) is 65.8 Å². The zero-order valence-corrected chi connectivity index (χ0v) is 16.1. The van der Waals surface area contributed by atoms with E-state index in [1.807, 2.05) is 55.5 Å². The van der Waals surface area contributed by atoms with E-state index >= 15 is 0 Å². The SMILES string of the molecule is CCOc1ccccc1NC(=O)C(Sc1nc(N)cc(N)n1)c1ccccc1. The second kappa shape index (κ2) is 9.09. The van der Waals surface area contributed by atoms with Gasteiger partial charge in [0.25, 0.3) is 0 Å².